The van der Waals surface area contributed by atoms with Gasteiger partial charge in [0.25, 0.3) is 11.7 Å². The standard InChI is InChI=1S/C31H32FNO5/c1-31(2,3)21-10-8-20(9-11-21)27-26(28(34)24-18-22(32)12-15-25(24)38-5)29(35)30(36)33(27)17-16-19-6-13-23(37-4)14-7-19/h6-15,18,27,34H,16-17H2,1-5H3/b28-26+. The van der Waals surface area contributed by atoms with Crippen molar-refractivity contribution in [3.63, 3.8) is 0 Å². The van der Waals surface area contributed by atoms with E-state index < -0.39 is 29.3 Å². The predicted molar refractivity (Wildman–Crippen MR) is 144 cm³/mol. The lowest BCUT2D eigenvalue weighted by Gasteiger charge is -2.26. The Morgan fingerprint density at radius 1 is 0.947 bits per heavy atom. The van der Waals surface area contributed by atoms with Gasteiger partial charge in [-0.2, -0.15) is 0 Å². The molecule has 198 valence electrons. The highest BCUT2D eigenvalue weighted by atomic mass is 19.1. The van der Waals surface area contributed by atoms with E-state index in [0.29, 0.717) is 12.0 Å². The molecule has 0 spiro atoms. The van der Waals surface area contributed by atoms with Gasteiger partial charge >= 0.3 is 0 Å². The van der Waals surface area contributed by atoms with E-state index in [1.807, 2.05) is 48.5 Å². The first-order valence-electron chi connectivity index (χ1n) is 12.4. The molecule has 7 heteroatoms. The minimum atomic E-state index is -0.852. The summed E-state index contributed by atoms with van der Waals surface area (Å²) in [5.41, 5.74) is 2.53. The molecular formula is C31H32FNO5. The molecular weight excluding hydrogens is 485 g/mol. The number of likely N-dealkylation sites (tertiary alicyclic amines) is 1. The number of rotatable bonds is 7. The van der Waals surface area contributed by atoms with Crippen LogP contribution in [-0.4, -0.2) is 42.5 Å². The monoisotopic (exact) mass is 517 g/mol. The number of nitrogens with zero attached hydrogens (tertiary/aromatic N) is 1. The van der Waals surface area contributed by atoms with Crippen molar-refractivity contribution in [3.05, 3.63) is 100 Å². The van der Waals surface area contributed by atoms with E-state index in [4.69, 9.17) is 9.47 Å². The Morgan fingerprint density at radius 3 is 2.18 bits per heavy atom. The summed E-state index contributed by atoms with van der Waals surface area (Å²) in [4.78, 5) is 28.1. The molecule has 3 aromatic rings. The summed E-state index contributed by atoms with van der Waals surface area (Å²) in [6.45, 7) is 6.52. The maximum Gasteiger partial charge on any atom is 0.295 e. The Morgan fingerprint density at radius 2 is 1.61 bits per heavy atom. The second kappa shape index (κ2) is 10.7. The average molecular weight is 518 g/mol. The Kier molecular flexibility index (Phi) is 7.58. The number of hydrogen-bond acceptors (Lipinski definition) is 5. The van der Waals surface area contributed by atoms with Crippen molar-refractivity contribution in [3.8, 4) is 11.5 Å². The van der Waals surface area contributed by atoms with Crippen LogP contribution in [0.1, 0.15) is 49.1 Å². The molecule has 4 rings (SSSR count). The lowest BCUT2D eigenvalue weighted by molar-refractivity contribution is -0.139. The molecule has 1 N–H and O–H groups in total. The molecule has 6 nitrogen and oxygen atoms in total. The highest BCUT2D eigenvalue weighted by Crippen LogP contribution is 2.41. The number of methoxy groups -OCH3 is 2. The molecule has 0 saturated carbocycles. The van der Waals surface area contributed by atoms with Gasteiger partial charge in [0.15, 0.2) is 0 Å². The third-order valence-electron chi connectivity index (χ3n) is 6.85. The minimum absolute atomic E-state index is 0.0111. The lowest BCUT2D eigenvalue weighted by atomic mass is 9.85. The fraction of sp³-hybridized carbons (Fsp3) is 0.290. The van der Waals surface area contributed by atoms with Crippen molar-refractivity contribution in [2.24, 2.45) is 0 Å². The van der Waals surface area contributed by atoms with Crippen LogP contribution in [0.3, 0.4) is 0 Å². The van der Waals surface area contributed by atoms with Crippen LogP contribution in [0.2, 0.25) is 0 Å². The Balaban J connectivity index is 1.81. The van der Waals surface area contributed by atoms with Crippen LogP contribution in [0.15, 0.2) is 72.3 Å². The number of carbonyl (C=O) groups excluding carboxylic acids is 2. The smallest absolute Gasteiger partial charge is 0.295 e. The van der Waals surface area contributed by atoms with Gasteiger partial charge < -0.3 is 19.5 Å². The third-order valence-corrected chi connectivity index (χ3v) is 6.85. The molecule has 1 aliphatic heterocycles. The fourth-order valence-corrected chi connectivity index (χ4v) is 4.67. The topological polar surface area (TPSA) is 76.1 Å². The first kappa shape index (κ1) is 26.9. The van der Waals surface area contributed by atoms with Gasteiger partial charge in [-0.25, -0.2) is 4.39 Å². The molecule has 0 aliphatic carbocycles. The van der Waals surface area contributed by atoms with Crippen LogP contribution in [0, 0.1) is 5.82 Å². The van der Waals surface area contributed by atoms with Crippen molar-refractivity contribution >= 4 is 17.4 Å². The Hall–Kier alpha value is -4.13. The van der Waals surface area contributed by atoms with Crippen LogP contribution in [0.4, 0.5) is 4.39 Å². The summed E-state index contributed by atoms with van der Waals surface area (Å²) in [5.74, 6) is -1.72. The summed E-state index contributed by atoms with van der Waals surface area (Å²) in [6.07, 6.45) is 0.483. The lowest BCUT2D eigenvalue weighted by Crippen LogP contribution is -2.31. The molecule has 1 amide bonds. The average Bonchev–Trinajstić information content (AvgIpc) is 3.16. The van der Waals surface area contributed by atoms with E-state index in [0.717, 1.165) is 22.9 Å². The molecule has 1 heterocycles. The zero-order valence-electron chi connectivity index (χ0n) is 22.2. The summed E-state index contributed by atoms with van der Waals surface area (Å²) >= 11 is 0. The quantitative estimate of drug-likeness (QED) is 0.243. The van der Waals surface area contributed by atoms with E-state index in [9.17, 15) is 19.1 Å². The zero-order valence-corrected chi connectivity index (χ0v) is 22.2. The number of aliphatic hydroxyl groups is 1. The van der Waals surface area contributed by atoms with Gasteiger partial charge in [-0.05, 0) is 58.9 Å². The van der Waals surface area contributed by atoms with Gasteiger partial charge in [-0.3, -0.25) is 9.59 Å². The first-order valence-corrected chi connectivity index (χ1v) is 12.4. The van der Waals surface area contributed by atoms with Gasteiger partial charge in [0.2, 0.25) is 0 Å². The summed E-state index contributed by atoms with van der Waals surface area (Å²) in [5, 5.41) is 11.3. The van der Waals surface area contributed by atoms with Crippen molar-refractivity contribution < 1.29 is 28.6 Å². The predicted octanol–water partition coefficient (Wildman–Crippen LogP) is 5.80. The normalized spacial score (nSPS) is 17.1. The maximum absolute atomic E-state index is 14.2. The molecule has 1 unspecified atom stereocenters. The number of Topliss-reactive ketones (excluding diaryl/α,β-unsaturated/α-hetero) is 1. The second-order valence-electron chi connectivity index (χ2n) is 10.3. The molecule has 0 bridgehead atoms. The highest BCUT2D eigenvalue weighted by molar-refractivity contribution is 6.46. The van der Waals surface area contributed by atoms with Crippen LogP contribution < -0.4 is 9.47 Å². The molecule has 1 aliphatic rings. The van der Waals surface area contributed by atoms with E-state index >= 15 is 0 Å². The number of carbonyl (C=O) groups is 2. The molecule has 1 atom stereocenters. The van der Waals surface area contributed by atoms with E-state index in [1.54, 1.807) is 7.11 Å². The number of ketones is 1. The molecule has 0 aromatic heterocycles. The number of benzene rings is 3. The Labute approximate surface area is 222 Å². The second-order valence-corrected chi connectivity index (χ2v) is 10.3. The van der Waals surface area contributed by atoms with Crippen LogP contribution in [0.25, 0.3) is 5.76 Å². The number of halogens is 1. The van der Waals surface area contributed by atoms with Crippen LogP contribution in [-0.2, 0) is 21.4 Å². The van der Waals surface area contributed by atoms with Gasteiger partial charge in [-0.1, -0.05) is 57.2 Å². The SMILES string of the molecule is COc1ccc(CCN2C(=O)C(=O)/C(=C(/O)c3cc(F)ccc3OC)C2c2ccc(C(C)(C)C)cc2)cc1. The van der Waals surface area contributed by atoms with Crippen LogP contribution in [0.5, 0.6) is 11.5 Å². The molecule has 3 aromatic carbocycles. The fourth-order valence-electron chi connectivity index (χ4n) is 4.67. The van der Waals surface area contributed by atoms with Crippen molar-refractivity contribution in [1.29, 1.82) is 0 Å². The molecule has 0 radical (unpaired) electrons. The summed E-state index contributed by atoms with van der Waals surface area (Å²) in [6, 6.07) is 18.0. The largest absolute Gasteiger partial charge is 0.507 e. The minimum Gasteiger partial charge on any atom is -0.507 e. The first-order chi connectivity index (χ1) is 18.0. The summed E-state index contributed by atoms with van der Waals surface area (Å²) in [7, 11) is 2.98. The number of ether oxygens (including phenoxy) is 2. The number of aliphatic hydroxyl groups excluding tert-OH is 1. The van der Waals surface area contributed by atoms with Crippen molar-refractivity contribution in [1.82, 2.24) is 4.90 Å². The van der Waals surface area contributed by atoms with E-state index in [-0.39, 0.29) is 28.8 Å². The molecule has 38 heavy (non-hydrogen) atoms. The molecule has 1 fully saturated rings. The van der Waals surface area contributed by atoms with Crippen molar-refractivity contribution in [2.75, 3.05) is 20.8 Å². The van der Waals surface area contributed by atoms with E-state index in [1.165, 1.54) is 24.1 Å². The third kappa shape index (κ3) is 5.28. The van der Waals surface area contributed by atoms with Gasteiger partial charge in [0, 0.05) is 6.54 Å². The summed E-state index contributed by atoms with van der Waals surface area (Å²) < 4.78 is 24.7. The maximum atomic E-state index is 14.2. The highest BCUT2D eigenvalue weighted by Gasteiger charge is 2.46. The van der Waals surface area contributed by atoms with Gasteiger partial charge in [-0.15, -0.1) is 0 Å². The van der Waals surface area contributed by atoms with Crippen molar-refractivity contribution in [2.45, 2.75) is 38.6 Å². The van der Waals surface area contributed by atoms with Gasteiger partial charge in [0.05, 0.1) is 31.4 Å². The van der Waals surface area contributed by atoms with E-state index in [2.05, 4.69) is 20.8 Å². The zero-order chi connectivity index (χ0) is 27.6. The van der Waals surface area contributed by atoms with Crippen LogP contribution >= 0.6 is 0 Å². The van der Waals surface area contributed by atoms with Gasteiger partial charge in [0.1, 0.15) is 23.1 Å². The number of hydrogen-bond donors (Lipinski definition) is 1. The number of amides is 1. The molecule has 1 saturated heterocycles. The Bertz CT molecular complexity index is 1370.